The topological polar surface area (TPSA) is 26.3 Å². The van der Waals surface area contributed by atoms with Crippen molar-refractivity contribution in [1.29, 1.82) is 0 Å². The number of hydrogen-bond acceptors (Lipinski definition) is 2. The molecule has 0 bridgehead atoms. The zero-order chi connectivity index (χ0) is 9.97. The van der Waals surface area contributed by atoms with Crippen LogP contribution in [-0.4, -0.2) is 5.97 Å². The van der Waals surface area contributed by atoms with E-state index in [1.165, 1.54) is 12.1 Å². The molecule has 1 saturated heterocycles. The van der Waals surface area contributed by atoms with E-state index in [0.717, 1.165) is 18.4 Å². The maximum atomic E-state index is 12.6. The van der Waals surface area contributed by atoms with Crippen molar-refractivity contribution in [1.82, 2.24) is 0 Å². The van der Waals surface area contributed by atoms with Crippen LogP contribution in [-0.2, 0) is 9.53 Å². The van der Waals surface area contributed by atoms with Crippen LogP contribution >= 0.6 is 0 Å². The van der Waals surface area contributed by atoms with E-state index in [1.807, 2.05) is 0 Å². The molecule has 0 radical (unpaired) electrons. The number of hydrogen-bond donors (Lipinski definition) is 0. The summed E-state index contributed by atoms with van der Waals surface area (Å²) in [5, 5.41) is 0. The Morgan fingerprint density at radius 2 is 2.00 bits per heavy atom. The van der Waals surface area contributed by atoms with Gasteiger partial charge in [0.15, 0.2) is 0 Å². The van der Waals surface area contributed by atoms with Crippen molar-refractivity contribution in [3.8, 4) is 0 Å². The van der Waals surface area contributed by atoms with Crippen LogP contribution in [0, 0.1) is 5.82 Å². The lowest BCUT2D eigenvalue weighted by molar-refractivity contribution is -0.154. The Kier molecular flexibility index (Phi) is 2.48. The number of halogens is 1. The Balaban J connectivity index is 2.14. The summed E-state index contributed by atoms with van der Waals surface area (Å²) in [5.41, 5.74) is 0.874. The minimum absolute atomic E-state index is 0.162. The molecule has 1 atom stereocenters. The van der Waals surface area contributed by atoms with Crippen LogP contribution in [0.4, 0.5) is 4.39 Å². The van der Waals surface area contributed by atoms with Crippen molar-refractivity contribution in [2.45, 2.75) is 25.4 Å². The molecule has 0 spiro atoms. The molecule has 1 aliphatic rings. The number of carbonyl (C=O) groups excluding carboxylic acids is 1. The molecule has 1 aromatic carbocycles. The standard InChI is InChI=1S/C11H11FO2/c12-9-6-4-8(5-7-9)10-2-1-3-11(13)14-10/h4-7,10H,1-3H2. The highest BCUT2D eigenvalue weighted by Gasteiger charge is 2.21. The summed E-state index contributed by atoms with van der Waals surface area (Å²) >= 11 is 0. The molecule has 0 saturated carbocycles. The van der Waals surface area contributed by atoms with Gasteiger partial charge in [-0.3, -0.25) is 4.79 Å². The van der Waals surface area contributed by atoms with Gasteiger partial charge >= 0.3 is 5.97 Å². The maximum absolute atomic E-state index is 12.6. The highest BCUT2D eigenvalue weighted by atomic mass is 19.1. The summed E-state index contributed by atoms with van der Waals surface area (Å²) in [7, 11) is 0. The predicted octanol–water partition coefficient (Wildman–Crippen LogP) is 2.59. The monoisotopic (exact) mass is 194 g/mol. The quantitative estimate of drug-likeness (QED) is 0.642. The van der Waals surface area contributed by atoms with Gasteiger partial charge in [-0.15, -0.1) is 0 Å². The fraction of sp³-hybridized carbons (Fsp3) is 0.364. The second-order valence-corrected chi connectivity index (χ2v) is 3.42. The summed E-state index contributed by atoms with van der Waals surface area (Å²) in [4.78, 5) is 11.0. The molecule has 2 rings (SSSR count). The van der Waals surface area contributed by atoms with Gasteiger partial charge in [0, 0.05) is 6.42 Å². The van der Waals surface area contributed by atoms with Crippen LogP contribution in [0.1, 0.15) is 30.9 Å². The Morgan fingerprint density at radius 1 is 1.29 bits per heavy atom. The summed E-state index contributed by atoms with van der Waals surface area (Å²) in [5.74, 6) is -0.429. The molecule has 1 heterocycles. The third-order valence-corrected chi connectivity index (χ3v) is 2.36. The van der Waals surface area contributed by atoms with Crippen LogP contribution in [0.5, 0.6) is 0 Å². The average Bonchev–Trinajstić information content (AvgIpc) is 2.19. The fourth-order valence-electron chi connectivity index (χ4n) is 1.62. The van der Waals surface area contributed by atoms with E-state index >= 15 is 0 Å². The fourth-order valence-corrected chi connectivity index (χ4v) is 1.62. The molecule has 1 fully saturated rings. The van der Waals surface area contributed by atoms with E-state index < -0.39 is 0 Å². The van der Waals surface area contributed by atoms with Gasteiger partial charge in [0.1, 0.15) is 11.9 Å². The van der Waals surface area contributed by atoms with Crippen LogP contribution in [0.25, 0.3) is 0 Å². The highest BCUT2D eigenvalue weighted by Crippen LogP contribution is 2.28. The van der Waals surface area contributed by atoms with E-state index in [9.17, 15) is 9.18 Å². The van der Waals surface area contributed by atoms with Crippen LogP contribution in [0.2, 0.25) is 0 Å². The predicted molar refractivity (Wildman–Crippen MR) is 49.1 cm³/mol. The molecule has 1 aliphatic heterocycles. The van der Waals surface area contributed by atoms with Gasteiger partial charge in [0.25, 0.3) is 0 Å². The number of benzene rings is 1. The van der Waals surface area contributed by atoms with E-state index in [-0.39, 0.29) is 17.9 Å². The lowest BCUT2D eigenvalue weighted by Crippen LogP contribution is -2.16. The lowest BCUT2D eigenvalue weighted by atomic mass is 10.0. The molecule has 0 aromatic heterocycles. The molecular weight excluding hydrogens is 183 g/mol. The van der Waals surface area contributed by atoms with E-state index in [0.29, 0.717) is 6.42 Å². The molecule has 1 unspecified atom stereocenters. The Hall–Kier alpha value is -1.38. The third kappa shape index (κ3) is 1.92. The van der Waals surface area contributed by atoms with E-state index in [4.69, 9.17) is 4.74 Å². The number of carbonyl (C=O) groups is 1. The number of ether oxygens (including phenoxy) is 1. The molecule has 0 N–H and O–H groups in total. The number of rotatable bonds is 1. The smallest absolute Gasteiger partial charge is 0.306 e. The van der Waals surface area contributed by atoms with Gasteiger partial charge in [-0.25, -0.2) is 4.39 Å². The number of esters is 1. The largest absolute Gasteiger partial charge is 0.457 e. The second-order valence-electron chi connectivity index (χ2n) is 3.42. The second kappa shape index (κ2) is 3.78. The zero-order valence-electron chi connectivity index (χ0n) is 7.70. The van der Waals surface area contributed by atoms with Gasteiger partial charge in [-0.05, 0) is 30.5 Å². The van der Waals surface area contributed by atoms with Crippen LogP contribution < -0.4 is 0 Å². The maximum Gasteiger partial charge on any atom is 0.306 e. The van der Waals surface area contributed by atoms with Crippen molar-refractivity contribution in [2.75, 3.05) is 0 Å². The molecule has 0 amide bonds. The van der Waals surface area contributed by atoms with Crippen molar-refractivity contribution < 1.29 is 13.9 Å². The lowest BCUT2D eigenvalue weighted by Gasteiger charge is -2.22. The Bertz CT molecular complexity index is 332. The first-order valence-corrected chi connectivity index (χ1v) is 4.70. The summed E-state index contributed by atoms with van der Waals surface area (Å²) in [6.45, 7) is 0. The molecule has 14 heavy (non-hydrogen) atoms. The van der Waals surface area contributed by atoms with Gasteiger partial charge in [-0.1, -0.05) is 12.1 Å². The van der Waals surface area contributed by atoms with Crippen molar-refractivity contribution in [3.63, 3.8) is 0 Å². The SMILES string of the molecule is O=C1CCCC(c2ccc(F)cc2)O1. The van der Waals surface area contributed by atoms with E-state index in [1.54, 1.807) is 12.1 Å². The summed E-state index contributed by atoms with van der Waals surface area (Å²) in [6, 6.07) is 6.10. The minimum atomic E-state index is -0.268. The molecule has 2 nitrogen and oxygen atoms in total. The highest BCUT2D eigenvalue weighted by molar-refractivity contribution is 5.70. The molecule has 0 aliphatic carbocycles. The van der Waals surface area contributed by atoms with E-state index in [2.05, 4.69) is 0 Å². The van der Waals surface area contributed by atoms with Gasteiger partial charge in [-0.2, -0.15) is 0 Å². The zero-order valence-corrected chi connectivity index (χ0v) is 7.70. The third-order valence-electron chi connectivity index (χ3n) is 2.36. The van der Waals surface area contributed by atoms with Gasteiger partial charge in [0.2, 0.25) is 0 Å². The van der Waals surface area contributed by atoms with Crippen molar-refractivity contribution >= 4 is 5.97 Å². The van der Waals surface area contributed by atoms with Crippen molar-refractivity contribution in [3.05, 3.63) is 35.6 Å². The van der Waals surface area contributed by atoms with Gasteiger partial charge in [0.05, 0.1) is 0 Å². The Labute approximate surface area is 81.7 Å². The first-order valence-electron chi connectivity index (χ1n) is 4.70. The summed E-state index contributed by atoms with van der Waals surface area (Å²) < 4.78 is 17.8. The van der Waals surface area contributed by atoms with Gasteiger partial charge < -0.3 is 4.74 Å². The molecule has 3 heteroatoms. The molecule has 74 valence electrons. The normalized spacial score (nSPS) is 21.8. The minimum Gasteiger partial charge on any atom is -0.457 e. The van der Waals surface area contributed by atoms with Crippen LogP contribution in [0.15, 0.2) is 24.3 Å². The first kappa shape index (κ1) is 9.19. The first-order chi connectivity index (χ1) is 6.75. The summed E-state index contributed by atoms with van der Waals surface area (Å²) in [6.07, 6.45) is 1.99. The molecule has 1 aromatic rings. The average molecular weight is 194 g/mol. The molecular formula is C11H11FO2. The Morgan fingerprint density at radius 3 is 2.64 bits per heavy atom. The van der Waals surface area contributed by atoms with Crippen molar-refractivity contribution in [2.24, 2.45) is 0 Å². The number of cyclic esters (lactones) is 1. The van der Waals surface area contributed by atoms with Crippen LogP contribution in [0.3, 0.4) is 0 Å².